The number of likely N-dealkylation sites (tertiary alicyclic amines) is 1. The van der Waals surface area contributed by atoms with E-state index in [1.165, 1.54) is 12.1 Å². The van der Waals surface area contributed by atoms with Gasteiger partial charge in [0, 0.05) is 31.4 Å². The summed E-state index contributed by atoms with van der Waals surface area (Å²) in [6.07, 6.45) is 2.54. The van der Waals surface area contributed by atoms with Crippen molar-refractivity contribution in [3.63, 3.8) is 0 Å². The molecule has 6 heteroatoms. The van der Waals surface area contributed by atoms with E-state index in [0.717, 1.165) is 19.4 Å². The van der Waals surface area contributed by atoms with Gasteiger partial charge in [0.15, 0.2) is 0 Å². The number of benzene rings is 1. The zero-order valence-electron chi connectivity index (χ0n) is 13.3. The first-order valence-corrected chi connectivity index (χ1v) is 8.13. The van der Waals surface area contributed by atoms with E-state index in [2.05, 4.69) is 5.32 Å². The summed E-state index contributed by atoms with van der Waals surface area (Å²) in [6.45, 7) is 1.89. The zero-order chi connectivity index (χ0) is 16.4. The fraction of sp³-hybridized carbons (Fsp3) is 0.529. The number of amides is 2. The molecule has 2 unspecified atom stereocenters. The fourth-order valence-corrected chi connectivity index (χ4v) is 3.42. The second-order valence-corrected chi connectivity index (χ2v) is 6.22. The van der Waals surface area contributed by atoms with Crippen LogP contribution in [0.1, 0.15) is 19.3 Å². The Labute approximate surface area is 135 Å². The van der Waals surface area contributed by atoms with Gasteiger partial charge in [0.2, 0.25) is 11.8 Å². The lowest BCUT2D eigenvalue weighted by atomic mass is 10.0. The van der Waals surface area contributed by atoms with E-state index in [9.17, 15) is 14.0 Å². The number of carbonyl (C=O) groups excluding carboxylic acids is 2. The van der Waals surface area contributed by atoms with Gasteiger partial charge in [-0.2, -0.15) is 0 Å². The van der Waals surface area contributed by atoms with Crippen LogP contribution < -0.4 is 10.2 Å². The molecule has 2 amide bonds. The molecule has 0 bridgehead atoms. The highest BCUT2D eigenvalue weighted by Gasteiger charge is 2.40. The molecule has 0 spiro atoms. The molecule has 1 N–H and O–H groups in total. The number of hydrogen-bond donors (Lipinski definition) is 1. The van der Waals surface area contributed by atoms with Gasteiger partial charge in [0.05, 0.1) is 0 Å². The summed E-state index contributed by atoms with van der Waals surface area (Å²) in [5, 5.41) is 3.21. The van der Waals surface area contributed by atoms with E-state index in [-0.39, 0.29) is 17.6 Å². The quantitative estimate of drug-likeness (QED) is 0.857. The first-order valence-electron chi connectivity index (χ1n) is 8.13. The Bertz CT molecular complexity index is 590. The van der Waals surface area contributed by atoms with Gasteiger partial charge in [0.1, 0.15) is 11.7 Å². The molecule has 0 aliphatic carbocycles. The number of rotatable bonds is 3. The monoisotopic (exact) mass is 319 g/mol. The normalized spacial score (nSPS) is 25.0. The van der Waals surface area contributed by atoms with Gasteiger partial charge < -0.3 is 15.1 Å². The van der Waals surface area contributed by atoms with E-state index in [1.54, 1.807) is 21.9 Å². The van der Waals surface area contributed by atoms with Crippen LogP contribution in [0.2, 0.25) is 0 Å². The molecule has 3 rings (SSSR count). The predicted octanol–water partition coefficient (Wildman–Crippen LogP) is 1.39. The maximum absolute atomic E-state index is 13.0. The van der Waals surface area contributed by atoms with Gasteiger partial charge in [-0.25, -0.2) is 4.39 Å². The Morgan fingerprint density at radius 1 is 1.22 bits per heavy atom. The van der Waals surface area contributed by atoms with Crippen molar-refractivity contribution in [1.82, 2.24) is 10.2 Å². The van der Waals surface area contributed by atoms with Gasteiger partial charge in [0.25, 0.3) is 0 Å². The second-order valence-electron chi connectivity index (χ2n) is 6.22. The minimum absolute atomic E-state index is 0.0699. The number of anilines is 1. The number of nitrogens with one attached hydrogen (secondary N) is 1. The number of piperidine rings is 1. The van der Waals surface area contributed by atoms with Crippen molar-refractivity contribution in [1.29, 1.82) is 0 Å². The fourth-order valence-electron chi connectivity index (χ4n) is 3.42. The SMILES string of the molecule is CNC1CCCN(C(=O)C2CCN(c3ccc(F)cc3)C2=O)C1. The van der Waals surface area contributed by atoms with Gasteiger partial charge in [-0.05, 0) is 50.6 Å². The summed E-state index contributed by atoms with van der Waals surface area (Å²) < 4.78 is 13.0. The number of nitrogens with zero attached hydrogens (tertiary/aromatic N) is 2. The average Bonchev–Trinajstić information content (AvgIpc) is 2.96. The van der Waals surface area contributed by atoms with Crippen molar-refractivity contribution in [3.05, 3.63) is 30.1 Å². The molecule has 1 aromatic rings. The molecule has 5 nitrogen and oxygen atoms in total. The van der Waals surface area contributed by atoms with Crippen LogP contribution >= 0.6 is 0 Å². The average molecular weight is 319 g/mol. The van der Waals surface area contributed by atoms with E-state index in [0.29, 0.717) is 31.2 Å². The van der Waals surface area contributed by atoms with Crippen LogP contribution in [0.3, 0.4) is 0 Å². The third-order valence-corrected chi connectivity index (χ3v) is 4.78. The lowest BCUT2D eigenvalue weighted by Crippen LogP contribution is -2.49. The third kappa shape index (κ3) is 3.22. The first-order chi connectivity index (χ1) is 11.1. The summed E-state index contributed by atoms with van der Waals surface area (Å²) in [5.74, 6) is -1.18. The molecule has 0 radical (unpaired) electrons. The Morgan fingerprint density at radius 3 is 2.65 bits per heavy atom. The molecule has 2 aliphatic rings. The zero-order valence-corrected chi connectivity index (χ0v) is 13.3. The summed E-state index contributed by atoms with van der Waals surface area (Å²) in [5.41, 5.74) is 0.651. The molecule has 124 valence electrons. The highest BCUT2D eigenvalue weighted by Crippen LogP contribution is 2.27. The molecule has 2 aliphatic heterocycles. The van der Waals surface area contributed by atoms with Crippen LogP contribution in [0.15, 0.2) is 24.3 Å². The number of halogens is 1. The summed E-state index contributed by atoms with van der Waals surface area (Å²) >= 11 is 0. The highest BCUT2D eigenvalue weighted by molar-refractivity contribution is 6.09. The van der Waals surface area contributed by atoms with E-state index in [1.807, 2.05) is 7.05 Å². The Kier molecular flexibility index (Phi) is 4.61. The van der Waals surface area contributed by atoms with Crippen molar-refractivity contribution in [2.45, 2.75) is 25.3 Å². The molecule has 2 atom stereocenters. The maximum atomic E-state index is 13.0. The van der Waals surface area contributed by atoms with Crippen molar-refractivity contribution in [2.75, 3.05) is 31.6 Å². The van der Waals surface area contributed by atoms with Gasteiger partial charge in [-0.3, -0.25) is 9.59 Å². The largest absolute Gasteiger partial charge is 0.340 e. The van der Waals surface area contributed by atoms with Crippen LogP contribution in [0.5, 0.6) is 0 Å². The minimum Gasteiger partial charge on any atom is -0.340 e. The standard InChI is InChI=1S/C17H22FN3O2/c1-19-13-3-2-9-20(11-13)16(22)15-8-10-21(17(15)23)14-6-4-12(18)5-7-14/h4-7,13,15,19H,2-3,8-11H2,1H3. The molecule has 2 fully saturated rings. The van der Waals surface area contributed by atoms with Gasteiger partial charge >= 0.3 is 0 Å². The Morgan fingerprint density at radius 2 is 1.96 bits per heavy atom. The number of likely N-dealkylation sites (N-methyl/N-ethyl adjacent to an activating group) is 1. The first kappa shape index (κ1) is 15.9. The lowest BCUT2D eigenvalue weighted by Gasteiger charge is -2.33. The topological polar surface area (TPSA) is 52.7 Å². The maximum Gasteiger partial charge on any atom is 0.239 e. The van der Waals surface area contributed by atoms with Crippen molar-refractivity contribution in [3.8, 4) is 0 Å². The van der Waals surface area contributed by atoms with Crippen LogP contribution in [-0.2, 0) is 9.59 Å². The molecule has 23 heavy (non-hydrogen) atoms. The lowest BCUT2D eigenvalue weighted by molar-refractivity contribution is -0.140. The van der Waals surface area contributed by atoms with Crippen molar-refractivity contribution in [2.24, 2.45) is 5.92 Å². The van der Waals surface area contributed by atoms with Gasteiger partial charge in [-0.15, -0.1) is 0 Å². The van der Waals surface area contributed by atoms with Gasteiger partial charge in [-0.1, -0.05) is 0 Å². The summed E-state index contributed by atoms with van der Waals surface area (Å²) in [7, 11) is 1.90. The van der Waals surface area contributed by atoms with E-state index < -0.39 is 5.92 Å². The second kappa shape index (κ2) is 6.66. The van der Waals surface area contributed by atoms with E-state index in [4.69, 9.17) is 0 Å². The number of carbonyl (C=O) groups is 2. The number of hydrogen-bond acceptors (Lipinski definition) is 3. The molecule has 0 aromatic heterocycles. The minimum atomic E-state index is -0.601. The van der Waals surface area contributed by atoms with Crippen molar-refractivity contribution < 1.29 is 14.0 Å². The Hall–Kier alpha value is -1.95. The summed E-state index contributed by atoms with van der Waals surface area (Å²) in [4.78, 5) is 28.7. The molecular formula is C17H22FN3O2. The smallest absolute Gasteiger partial charge is 0.239 e. The van der Waals surface area contributed by atoms with Crippen molar-refractivity contribution >= 4 is 17.5 Å². The predicted molar refractivity (Wildman–Crippen MR) is 85.5 cm³/mol. The van der Waals surface area contributed by atoms with Crippen LogP contribution in [-0.4, -0.2) is 49.4 Å². The molecule has 2 saturated heterocycles. The molecule has 2 heterocycles. The molecule has 0 saturated carbocycles. The van der Waals surface area contributed by atoms with E-state index >= 15 is 0 Å². The highest BCUT2D eigenvalue weighted by atomic mass is 19.1. The summed E-state index contributed by atoms with van der Waals surface area (Å²) in [6, 6.07) is 6.13. The molecular weight excluding hydrogens is 297 g/mol. The Balaban J connectivity index is 1.68. The van der Waals surface area contributed by atoms with Crippen LogP contribution in [0.25, 0.3) is 0 Å². The van der Waals surface area contributed by atoms with Crippen LogP contribution in [0, 0.1) is 11.7 Å². The van der Waals surface area contributed by atoms with Crippen LogP contribution in [0.4, 0.5) is 10.1 Å². The molecule has 1 aromatic carbocycles. The third-order valence-electron chi connectivity index (χ3n) is 4.78.